The normalized spacial score (nSPS) is 22.0. The standard InChI is InChI=1S/C16H16F2N2O2/c1-20-6-4-14(19-16(21)11-5-7-22-9-11)15(20)10-2-3-12(17)13(18)8-10/h2-3,5,7-9,14-15H,4,6H2,1H3,(H,19,21). The van der Waals surface area contributed by atoms with E-state index in [2.05, 4.69) is 5.32 Å². The third-order valence-electron chi connectivity index (χ3n) is 4.03. The summed E-state index contributed by atoms with van der Waals surface area (Å²) >= 11 is 0. The van der Waals surface area contributed by atoms with E-state index in [0.29, 0.717) is 11.1 Å². The second-order valence-electron chi connectivity index (χ2n) is 5.48. The largest absolute Gasteiger partial charge is 0.472 e. The van der Waals surface area contributed by atoms with Crippen molar-refractivity contribution in [1.82, 2.24) is 10.2 Å². The van der Waals surface area contributed by atoms with E-state index in [-0.39, 0.29) is 18.0 Å². The van der Waals surface area contributed by atoms with Crippen molar-refractivity contribution in [3.8, 4) is 0 Å². The third kappa shape index (κ3) is 2.74. The van der Waals surface area contributed by atoms with E-state index >= 15 is 0 Å². The maximum atomic E-state index is 13.5. The number of likely N-dealkylation sites (tertiary alicyclic amines) is 1. The molecule has 6 heteroatoms. The topological polar surface area (TPSA) is 45.5 Å². The van der Waals surface area contributed by atoms with Gasteiger partial charge in [0.05, 0.1) is 23.9 Å². The van der Waals surface area contributed by atoms with Gasteiger partial charge in [-0.1, -0.05) is 6.07 Å². The molecule has 22 heavy (non-hydrogen) atoms. The molecule has 1 saturated heterocycles. The molecule has 1 amide bonds. The monoisotopic (exact) mass is 306 g/mol. The summed E-state index contributed by atoms with van der Waals surface area (Å²) in [6.07, 6.45) is 3.55. The molecule has 0 radical (unpaired) electrons. The lowest BCUT2D eigenvalue weighted by molar-refractivity contribution is 0.0927. The van der Waals surface area contributed by atoms with Crippen LogP contribution in [0.5, 0.6) is 0 Å². The average molecular weight is 306 g/mol. The molecule has 0 spiro atoms. The fraction of sp³-hybridized carbons (Fsp3) is 0.312. The van der Waals surface area contributed by atoms with Gasteiger partial charge in [-0.15, -0.1) is 0 Å². The number of carbonyl (C=O) groups excluding carboxylic acids is 1. The van der Waals surface area contributed by atoms with Crippen LogP contribution < -0.4 is 5.32 Å². The van der Waals surface area contributed by atoms with Gasteiger partial charge in [0.15, 0.2) is 11.6 Å². The number of nitrogens with one attached hydrogen (secondary N) is 1. The second kappa shape index (κ2) is 5.88. The number of hydrogen-bond donors (Lipinski definition) is 1. The lowest BCUT2D eigenvalue weighted by Gasteiger charge is -2.26. The molecule has 2 atom stereocenters. The van der Waals surface area contributed by atoms with E-state index in [1.54, 1.807) is 12.1 Å². The van der Waals surface area contributed by atoms with E-state index in [1.165, 1.54) is 18.6 Å². The molecule has 2 unspecified atom stereocenters. The number of likely N-dealkylation sites (N-methyl/N-ethyl adjacent to an activating group) is 1. The van der Waals surface area contributed by atoms with Crippen molar-refractivity contribution in [2.24, 2.45) is 0 Å². The minimum absolute atomic E-state index is 0.169. The molecule has 4 nitrogen and oxygen atoms in total. The Morgan fingerprint density at radius 2 is 2.14 bits per heavy atom. The van der Waals surface area contributed by atoms with Crippen LogP contribution in [0.4, 0.5) is 8.78 Å². The highest BCUT2D eigenvalue weighted by Gasteiger charge is 2.34. The number of carbonyl (C=O) groups is 1. The number of nitrogens with zero attached hydrogens (tertiary/aromatic N) is 1. The summed E-state index contributed by atoms with van der Waals surface area (Å²) in [5, 5.41) is 2.94. The molecule has 3 rings (SSSR count). The van der Waals surface area contributed by atoms with Gasteiger partial charge in [0.25, 0.3) is 5.91 Å². The zero-order chi connectivity index (χ0) is 15.7. The first-order valence-corrected chi connectivity index (χ1v) is 7.04. The van der Waals surface area contributed by atoms with Crippen LogP contribution in [0.15, 0.2) is 41.2 Å². The highest BCUT2D eigenvalue weighted by atomic mass is 19.2. The van der Waals surface area contributed by atoms with Gasteiger partial charge in [0, 0.05) is 6.54 Å². The van der Waals surface area contributed by atoms with Gasteiger partial charge in [0.1, 0.15) is 6.26 Å². The SMILES string of the molecule is CN1CCC(NC(=O)c2ccoc2)C1c1ccc(F)c(F)c1. The molecule has 0 bridgehead atoms. The van der Waals surface area contributed by atoms with Gasteiger partial charge < -0.3 is 9.73 Å². The molecule has 0 saturated carbocycles. The van der Waals surface area contributed by atoms with Gasteiger partial charge in [-0.25, -0.2) is 8.78 Å². The van der Waals surface area contributed by atoms with Crippen molar-refractivity contribution in [3.63, 3.8) is 0 Å². The Morgan fingerprint density at radius 1 is 1.32 bits per heavy atom. The van der Waals surface area contributed by atoms with Crippen molar-refractivity contribution in [2.75, 3.05) is 13.6 Å². The summed E-state index contributed by atoms with van der Waals surface area (Å²) in [6.45, 7) is 0.764. The van der Waals surface area contributed by atoms with Crippen LogP contribution in [0.1, 0.15) is 28.4 Å². The molecule has 1 N–H and O–H groups in total. The number of amides is 1. The molecule has 2 aromatic rings. The molecule has 1 aromatic carbocycles. The maximum absolute atomic E-state index is 13.5. The van der Waals surface area contributed by atoms with E-state index in [9.17, 15) is 13.6 Å². The van der Waals surface area contributed by atoms with E-state index in [0.717, 1.165) is 19.0 Å². The van der Waals surface area contributed by atoms with Gasteiger partial charge >= 0.3 is 0 Å². The summed E-state index contributed by atoms with van der Waals surface area (Å²) in [7, 11) is 1.90. The number of benzene rings is 1. The number of hydrogen-bond acceptors (Lipinski definition) is 3. The second-order valence-corrected chi connectivity index (χ2v) is 5.48. The average Bonchev–Trinajstić information content (AvgIpc) is 3.13. The predicted octanol–water partition coefficient (Wildman–Crippen LogP) is 2.73. The van der Waals surface area contributed by atoms with E-state index in [1.807, 2.05) is 11.9 Å². The molecular weight excluding hydrogens is 290 g/mol. The number of furan rings is 1. The van der Waals surface area contributed by atoms with Crippen molar-refractivity contribution >= 4 is 5.91 Å². The van der Waals surface area contributed by atoms with Gasteiger partial charge in [0.2, 0.25) is 0 Å². The van der Waals surface area contributed by atoms with Crippen LogP contribution in [-0.2, 0) is 0 Å². The Kier molecular flexibility index (Phi) is 3.94. The lowest BCUT2D eigenvalue weighted by atomic mass is 9.99. The van der Waals surface area contributed by atoms with Crippen LogP contribution in [0, 0.1) is 11.6 Å². The molecule has 1 aromatic heterocycles. The summed E-state index contributed by atoms with van der Waals surface area (Å²) < 4.78 is 31.5. The Hall–Kier alpha value is -2.21. The third-order valence-corrected chi connectivity index (χ3v) is 4.03. The summed E-state index contributed by atoms with van der Waals surface area (Å²) in [6, 6.07) is 5.09. The highest BCUT2D eigenvalue weighted by Crippen LogP contribution is 2.31. The van der Waals surface area contributed by atoms with Gasteiger partial charge in [-0.2, -0.15) is 0 Å². The molecule has 0 aliphatic carbocycles. The summed E-state index contributed by atoms with van der Waals surface area (Å²) in [5.74, 6) is -1.98. The molecule has 1 aliphatic rings. The molecule has 116 valence electrons. The fourth-order valence-electron chi connectivity index (χ4n) is 2.93. The number of halogens is 2. The van der Waals surface area contributed by atoms with Crippen molar-refractivity contribution in [1.29, 1.82) is 0 Å². The highest BCUT2D eigenvalue weighted by molar-refractivity contribution is 5.94. The Bertz CT molecular complexity index is 673. The zero-order valence-electron chi connectivity index (χ0n) is 12.1. The molecular formula is C16H16F2N2O2. The van der Waals surface area contributed by atoms with Crippen molar-refractivity contribution in [2.45, 2.75) is 18.5 Å². The first kappa shape index (κ1) is 14.7. The quantitative estimate of drug-likeness (QED) is 0.948. The van der Waals surface area contributed by atoms with Crippen LogP contribution in [0.25, 0.3) is 0 Å². The van der Waals surface area contributed by atoms with Crippen LogP contribution in [-0.4, -0.2) is 30.4 Å². The van der Waals surface area contributed by atoms with Crippen molar-refractivity contribution < 1.29 is 18.0 Å². The predicted molar refractivity (Wildman–Crippen MR) is 76.3 cm³/mol. The van der Waals surface area contributed by atoms with Crippen LogP contribution >= 0.6 is 0 Å². The Labute approximate surface area is 126 Å². The van der Waals surface area contributed by atoms with E-state index < -0.39 is 11.6 Å². The van der Waals surface area contributed by atoms with Crippen LogP contribution in [0.2, 0.25) is 0 Å². The maximum Gasteiger partial charge on any atom is 0.254 e. The number of rotatable bonds is 3. The smallest absolute Gasteiger partial charge is 0.254 e. The van der Waals surface area contributed by atoms with Crippen molar-refractivity contribution in [3.05, 3.63) is 59.6 Å². The summed E-state index contributed by atoms with van der Waals surface area (Å²) in [4.78, 5) is 14.2. The Balaban J connectivity index is 1.81. The van der Waals surface area contributed by atoms with Crippen LogP contribution in [0.3, 0.4) is 0 Å². The van der Waals surface area contributed by atoms with E-state index in [4.69, 9.17) is 4.42 Å². The molecule has 2 heterocycles. The first-order chi connectivity index (χ1) is 10.6. The van der Waals surface area contributed by atoms with Gasteiger partial charge in [-0.3, -0.25) is 9.69 Å². The first-order valence-electron chi connectivity index (χ1n) is 7.04. The molecule has 1 aliphatic heterocycles. The Morgan fingerprint density at radius 3 is 2.82 bits per heavy atom. The fourth-order valence-corrected chi connectivity index (χ4v) is 2.93. The zero-order valence-corrected chi connectivity index (χ0v) is 12.1. The summed E-state index contributed by atoms with van der Waals surface area (Å²) in [5.41, 5.74) is 1.09. The minimum Gasteiger partial charge on any atom is -0.472 e. The van der Waals surface area contributed by atoms with Gasteiger partial charge in [-0.05, 0) is 37.2 Å². The molecule has 1 fully saturated rings. The minimum atomic E-state index is -0.877. The lowest BCUT2D eigenvalue weighted by Crippen LogP contribution is -2.38.